The molecule has 1 aromatic carbocycles. The molecule has 4 aliphatic rings. The lowest BCUT2D eigenvalue weighted by molar-refractivity contribution is -0.126. The number of piperazine rings is 2. The summed E-state index contributed by atoms with van der Waals surface area (Å²) in [5.41, 5.74) is 21.0. The highest BCUT2D eigenvalue weighted by Gasteiger charge is 2.33. The Bertz CT molecular complexity index is 1300. The second-order valence-corrected chi connectivity index (χ2v) is 12.9. The number of phenols is 1. The summed E-state index contributed by atoms with van der Waals surface area (Å²) in [5, 5.41) is 13.5. The molecule has 2 atom stereocenters. The number of likely N-dealkylation sites (N-methyl/N-ethyl adjacent to an activating group) is 1. The highest BCUT2D eigenvalue weighted by Crippen LogP contribution is 2.34. The number of fused-ring (bicyclic) bond motifs is 2. The van der Waals surface area contributed by atoms with Crippen LogP contribution in [0.4, 0.5) is 0 Å². The number of nitrogens with one attached hydrogen (secondary N) is 1. The van der Waals surface area contributed by atoms with E-state index in [2.05, 4.69) is 41.6 Å². The molecule has 4 heterocycles. The van der Waals surface area contributed by atoms with Crippen molar-refractivity contribution in [2.24, 2.45) is 17.2 Å². The first-order valence-electron chi connectivity index (χ1n) is 16.9. The van der Waals surface area contributed by atoms with Crippen LogP contribution in [0.3, 0.4) is 0 Å². The average Bonchev–Trinajstić information content (AvgIpc) is 3.44. The number of ether oxygens (including phenoxy) is 1. The number of likely N-dealkylation sites (tertiary alicyclic amines) is 1. The van der Waals surface area contributed by atoms with Crippen molar-refractivity contribution in [1.82, 2.24) is 30.0 Å². The summed E-state index contributed by atoms with van der Waals surface area (Å²) in [6.45, 7) is 12.6. The van der Waals surface area contributed by atoms with Crippen LogP contribution in [0.1, 0.15) is 68.3 Å². The van der Waals surface area contributed by atoms with Gasteiger partial charge in [-0.3, -0.25) is 9.69 Å². The molecule has 1 aromatic heterocycles. The van der Waals surface area contributed by atoms with Crippen LogP contribution in [-0.4, -0.2) is 107 Å². The van der Waals surface area contributed by atoms with E-state index in [9.17, 15) is 5.11 Å². The van der Waals surface area contributed by atoms with Gasteiger partial charge in [-0.25, -0.2) is 9.97 Å². The molecule has 47 heavy (non-hydrogen) atoms. The van der Waals surface area contributed by atoms with Crippen LogP contribution in [0, 0.1) is 6.92 Å². The average molecular weight is 650 g/mol. The number of hydrogen-bond donors (Lipinski definition) is 5. The molecule has 1 saturated carbocycles. The van der Waals surface area contributed by atoms with E-state index in [-0.39, 0.29) is 11.6 Å². The third kappa shape index (κ3) is 10.3. The molecule has 12 nitrogen and oxygen atoms in total. The Hall–Kier alpha value is -3.87. The molecule has 4 fully saturated rings. The first-order valence-corrected chi connectivity index (χ1v) is 16.9. The zero-order valence-electron chi connectivity index (χ0n) is 28.4. The first kappa shape index (κ1) is 36.0. The van der Waals surface area contributed by atoms with Gasteiger partial charge in [0.15, 0.2) is 0 Å². The Kier molecular flexibility index (Phi) is 13.7. The molecule has 0 spiro atoms. The van der Waals surface area contributed by atoms with Gasteiger partial charge in [-0.05, 0) is 81.7 Å². The summed E-state index contributed by atoms with van der Waals surface area (Å²) in [7, 11) is 1.31. The van der Waals surface area contributed by atoms with Gasteiger partial charge in [-0.1, -0.05) is 19.1 Å². The van der Waals surface area contributed by atoms with Crippen LogP contribution < -0.4 is 22.5 Å². The van der Waals surface area contributed by atoms with Crippen LogP contribution in [0.2, 0.25) is 0 Å². The molecule has 3 saturated heterocycles. The lowest BCUT2D eigenvalue weighted by Crippen LogP contribution is -2.51. The van der Waals surface area contributed by atoms with Crippen molar-refractivity contribution in [3.63, 3.8) is 0 Å². The molecular weight excluding hydrogens is 594 g/mol. The van der Waals surface area contributed by atoms with E-state index in [1.165, 1.54) is 83.9 Å². The maximum absolute atomic E-state index is 9.91. The number of para-hydroxylation sites is 1. The lowest BCUT2D eigenvalue weighted by atomic mass is 9.82. The molecule has 3 aliphatic heterocycles. The molecule has 0 radical (unpaired) electrons. The SMILES string of the molecule is CCN1CCN(C2CCC(c3cnc(C)nc3)CC2)CC1.COC=O.NC(N)=C(/C=C(\N)c1ccccc1O)N1CC2CCC(C1)N2. The standard InChI is InChI=1S/C17H28N4.C16H23N5O.C2H4O2/c1-3-20-8-10-21(11-9-20)17-6-4-15(5-7-17)16-12-18-14(2)19-13-16;17-13(12-3-1-2-4-15(12)22)7-14(16(18)19)21-8-10-5-6-11(9-21)20-10;1-4-2-3/h12-13,15,17H,3-11H2,1-2H3;1-4,7,10-11,20,22H,5-6,8-9,17-19H2;2H,1H3/b;13-7-;. The smallest absolute Gasteiger partial charge is 0.292 e. The fraction of sp³-hybridized carbons (Fsp3) is 0.571. The number of aromatic nitrogens is 2. The van der Waals surface area contributed by atoms with Crippen molar-refractivity contribution in [1.29, 1.82) is 0 Å². The van der Waals surface area contributed by atoms with E-state index >= 15 is 0 Å². The molecule has 6 rings (SSSR count). The third-order valence-electron chi connectivity index (χ3n) is 9.80. The largest absolute Gasteiger partial charge is 0.507 e. The molecule has 8 N–H and O–H groups in total. The first-order chi connectivity index (χ1) is 22.7. The van der Waals surface area contributed by atoms with Crippen LogP contribution in [0.15, 0.2) is 54.3 Å². The Morgan fingerprint density at radius 1 is 0.979 bits per heavy atom. The quantitative estimate of drug-likeness (QED) is 0.220. The van der Waals surface area contributed by atoms with Crippen molar-refractivity contribution in [3.8, 4) is 5.75 Å². The fourth-order valence-electron chi connectivity index (χ4n) is 7.13. The number of phenolic OH excluding ortho intramolecular Hbond substituents is 1. The zero-order valence-corrected chi connectivity index (χ0v) is 28.4. The molecule has 12 heteroatoms. The highest BCUT2D eigenvalue weighted by atomic mass is 16.5. The van der Waals surface area contributed by atoms with Crippen molar-refractivity contribution in [2.75, 3.05) is 52.9 Å². The predicted molar refractivity (Wildman–Crippen MR) is 186 cm³/mol. The number of aromatic hydroxyl groups is 1. The number of methoxy groups -OCH3 is 1. The summed E-state index contributed by atoms with van der Waals surface area (Å²) in [6, 6.07) is 8.74. The van der Waals surface area contributed by atoms with Crippen molar-refractivity contribution in [3.05, 3.63) is 71.2 Å². The molecule has 1 aliphatic carbocycles. The van der Waals surface area contributed by atoms with Gasteiger partial charge >= 0.3 is 0 Å². The minimum atomic E-state index is 0.145. The summed E-state index contributed by atoms with van der Waals surface area (Å²) in [6.07, 6.45) is 13.5. The number of allylic oxidation sites excluding steroid dienone is 1. The monoisotopic (exact) mass is 649 g/mol. The summed E-state index contributed by atoms with van der Waals surface area (Å²) < 4.78 is 3.86. The summed E-state index contributed by atoms with van der Waals surface area (Å²) >= 11 is 0. The van der Waals surface area contributed by atoms with Gasteiger partial charge in [-0.2, -0.15) is 0 Å². The number of nitrogens with zero attached hydrogens (tertiary/aromatic N) is 5. The van der Waals surface area contributed by atoms with Gasteiger partial charge in [0.1, 0.15) is 17.4 Å². The van der Waals surface area contributed by atoms with Crippen LogP contribution in [0.25, 0.3) is 5.70 Å². The lowest BCUT2D eigenvalue weighted by Gasteiger charge is -2.41. The van der Waals surface area contributed by atoms with Crippen molar-refractivity contribution < 1.29 is 14.6 Å². The van der Waals surface area contributed by atoms with Crippen molar-refractivity contribution in [2.45, 2.75) is 76.4 Å². The zero-order chi connectivity index (χ0) is 33.8. The third-order valence-corrected chi connectivity index (χ3v) is 9.80. The van der Waals surface area contributed by atoms with Crippen molar-refractivity contribution >= 4 is 12.2 Å². The van der Waals surface area contributed by atoms with E-state index in [0.29, 0.717) is 35.7 Å². The Morgan fingerprint density at radius 2 is 1.57 bits per heavy atom. The topological polar surface area (TPSA) is 172 Å². The van der Waals surface area contributed by atoms with Gasteiger partial charge < -0.3 is 42.2 Å². The summed E-state index contributed by atoms with van der Waals surface area (Å²) in [5.74, 6) is 1.95. The predicted octanol–water partition coefficient (Wildman–Crippen LogP) is 2.45. The number of rotatable bonds is 7. The van der Waals surface area contributed by atoms with Gasteiger partial charge in [0.25, 0.3) is 6.47 Å². The Balaban J connectivity index is 0.000000191. The minimum absolute atomic E-state index is 0.145. The number of carbonyl (C=O) groups is 1. The number of nitrogens with two attached hydrogens (primary N) is 3. The number of hydrogen-bond acceptors (Lipinski definition) is 12. The van der Waals surface area contributed by atoms with Gasteiger partial charge in [0, 0.05) is 81.0 Å². The van der Waals surface area contributed by atoms with Gasteiger partial charge in [0.05, 0.1) is 12.8 Å². The molecular formula is C35H55N9O3. The normalized spacial score (nSPS) is 24.7. The molecule has 2 bridgehead atoms. The Labute approximate surface area is 280 Å². The second-order valence-electron chi connectivity index (χ2n) is 12.9. The van der Waals surface area contributed by atoms with Crippen LogP contribution >= 0.6 is 0 Å². The highest BCUT2D eigenvalue weighted by molar-refractivity contribution is 5.69. The molecule has 258 valence electrons. The van der Waals surface area contributed by atoms with E-state index in [4.69, 9.17) is 22.0 Å². The van der Waals surface area contributed by atoms with E-state index in [1.807, 2.05) is 25.4 Å². The number of carbonyl (C=O) groups excluding carboxylic acids is 1. The van der Waals surface area contributed by atoms with E-state index in [1.54, 1.807) is 24.3 Å². The Morgan fingerprint density at radius 3 is 2.11 bits per heavy atom. The maximum atomic E-state index is 9.91. The second kappa shape index (κ2) is 17.9. The summed E-state index contributed by atoms with van der Waals surface area (Å²) in [4.78, 5) is 25.1. The van der Waals surface area contributed by atoms with Gasteiger partial charge in [-0.15, -0.1) is 0 Å². The molecule has 2 unspecified atom stereocenters. The number of aryl methyl sites for hydroxylation is 1. The maximum Gasteiger partial charge on any atom is 0.292 e. The molecule has 2 aromatic rings. The number of benzene rings is 1. The fourth-order valence-corrected chi connectivity index (χ4v) is 7.13. The van der Waals surface area contributed by atoms with E-state index < -0.39 is 0 Å². The molecule has 0 amide bonds. The van der Waals surface area contributed by atoms with E-state index in [0.717, 1.165) is 30.7 Å². The van der Waals surface area contributed by atoms with Crippen LogP contribution in [-0.2, 0) is 9.53 Å². The van der Waals surface area contributed by atoms with Gasteiger partial charge in [0.2, 0.25) is 0 Å². The van der Waals surface area contributed by atoms with Crippen LogP contribution in [0.5, 0.6) is 5.75 Å². The minimum Gasteiger partial charge on any atom is -0.507 e.